The molecule has 0 aliphatic heterocycles. The Labute approximate surface area is 122 Å². The molecule has 0 aliphatic rings. The Hall–Kier alpha value is -1.52. The molecular formula is C15H16ClFN2O. The van der Waals surface area contributed by atoms with Crippen molar-refractivity contribution in [3.63, 3.8) is 0 Å². The summed E-state index contributed by atoms with van der Waals surface area (Å²) in [6.45, 7) is 6.41. The highest BCUT2D eigenvalue weighted by molar-refractivity contribution is 6.29. The van der Waals surface area contributed by atoms with Gasteiger partial charge in [-0.2, -0.15) is 0 Å². The van der Waals surface area contributed by atoms with Crippen molar-refractivity contribution in [2.75, 3.05) is 6.61 Å². The average Bonchev–Trinajstić information content (AvgIpc) is 2.34. The topological polar surface area (TPSA) is 35.0 Å². The molecule has 0 spiro atoms. The highest BCUT2D eigenvalue weighted by Gasteiger charge is 2.13. The van der Waals surface area contributed by atoms with E-state index in [0.717, 1.165) is 11.1 Å². The standard InChI is InChI=1S/C15H16ClFN2O/c1-4-20-8-14-18-12(7-13(16)19-14)15-10(3)5-9(2)6-11(15)17/h5-7H,4,8H2,1-3H3. The van der Waals surface area contributed by atoms with Crippen molar-refractivity contribution in [2.45, 2.75) is 27.4 Å². The van der Waals surface area contributed by atoms with Gasteiger partial charge in [0.1, 0.15) is 17.6 Å². The van der Waals surface area contributed by atoms with Crippen LogP contribution in [0.1, 0.15) is 23.9 Å². The summed E-state index contributed by atoms with van der Waals surface area (Å²) in [7, 11) is 0. The number of aryl methyl sites for hydroxylation is 2. The molecule has 1 aromatic heterocycles. The smallest absolute Gasteiger partial charge is 0.156 e. The molecule has 1 heterocycles. The van der Waals surface area contributed by atoms with E-state index < -0.39 is 0 Å². The largest absolute Gasteiger partial charge is 0.374 e. The molecule has 1 aromatic carbocycles. The fourth-order valence-electron chi connectivity index (χ4n) is 2.09. The molecule has 0 atom stereocenters. The maximum Gasteiger partial charge on any atom is 0.156 e. The van der Waals surface area contributed by atoms with Gasteiger partial charge in [0.15, 0.2) is 5.82 Å². The van der Waals surface area contributed by atoms with Crippen molar-refractivity contribution in [1.82, 2.24) is 9.97 Å². The van der Waals surface area contributed by atoms with Gasteiger partial charge >= 0.3 is 0 Å². The normalized spacial score (nSPS) is 10.8. The Balaban J connectivity index is 2.50. The summed E-state index contributed by atoms with van der Waals surface area (Å²) in [5, 5.41) is 0.282. The van der Waals surface area contributed by atoms with E-state index in [1.807, 2.05) is 26.8 Å². The van der Waals surface area contributed by atoms with E-state index >= 15 is 0 Å². The van der Waals surface area contributed by atoms with Crippen molar-refractivity contribution < 1.29 is 9.13 Å². The lowest BCUT2D eigenvalue weighted by atomic mass is 10.0. The molecule has 0 fully saturated rings. The zero-order valence-corrected chi connectivity index (χ0v) is 12.5. The van der Waals surface area contributed by atoms with Gasteiger partial charge in [0.2, 0.25) is 0 Å². The maximum absolute atomic E-state index is 14.2. The Bertz CT molecular complexity index is 608. The minimum absolute atomic E-state index is 0.261. The molecule has 0 radical (unpaired) electrons. The SMILES string of the molecule is CCOCc1nc(Cl)cc(-c2c(C)cc(C)cc2F)n1. The predicted octanol–water partition coefficient (Wildman–Crippen LogP) is 4.09. The van der Waals surface area contributed by atoms with Crippen LogP contribution in [0.3, 0.4) is 0 Å². The van der Waals surface area contributed by atoms with Crippen molar-refractivity contribution in [3.8, 4) is 11.3 Å². The monoisotopic (exact) mass is 294 g/mol. The van der Waals surface area contributed by atoms with Gasteiger partial charge in [-0.15, -0.1) is 0 Å². The van der Waals surface area contributed by atoms with Crippen LogP contribution in [0.15, 0.2) is 18.2 Å². The molecule has 106 valence electrons. The summed E-state index contributed by atoms with van der Waals surface area (Å²) in [6, 6.07) is 4.97. The summed E-state index contributed by atoms with van der Waals surface area (Å²) in [6.07, 6.45) is 0. The van der Waals surface area contributed by atoms with Gasteiger partial charge in [0.05, 0.1) is 5.69 Å². The molecule has 20 heavy (non-hydrogen) atoms. The molecule has 0 aliphatic carbocycles. The number of halogens is 2. The van der Waals surface area contributed by atoms with Crippen molar-refractivity contribution in [3.05, 3.63) is 46.1 Å². The van der Waals surface area contributed by atoms with Crippen LogP contribution >= 0.6 is 11.6 Å². The number of hydrogen-bond donors (Lipinski definition) is 0. The number of rotatable bonds is 4. The van der Waals surface area contributed by atoms with E-state index in [1.165, 1.54) is 6.07 Å². The van der Waals surface area contributed by atoms with Crippen LogP contribution in [0.25, 0.3) is 11.3 Å². The molecule has 0 N–H and O–H groups in total. The lowest BCUT2D eigenvalue weighted by Gasteiger charge is -2.10. The minimum Gasteiger partial charge on any atom is -0.374 e. The fraction of sp³-hybridized carbons (Fsp3) is 0.333. The predicted molar refractivity (Wildman–Crippen MR) is 77.2 cm³/mol. The van der Waals surface area contributed by atoms with E-state index in [0.29, 0.717) is 23.7 Å². The highest BCUT2D eigenvalue weighted by Crippen LogP contribution is 2.27. The summed E-state index contributed by atoms with van der Waals surface area (Å²) < 4.78 is 19.4. The Morgan fingerprint density at radius 1 is 1.20 bits per heavy atom. The van der Waals surface area contributed by atoms with Crippen LogP contribution in [0.2, 0.25) is 5.15 Å². The molecule has 0 amide bonds. The molecule has 2 rings (SSSR count). The average molecular weight is 295 g/mol. The van der Waals surface area contributed by atoms with Gasteiger partial charge in [-0.1, -0.05) is 17.7 Å². The fourth-order valence-corrected chi connectivity index (χ4v) is 2.29. The summed E-state index contributed by atoms with van der Waals surface area (Å²) in [4.78, 5) is 8.41. The summed E-state index contributed by atoms with van der Waals surface area (Å²) >= 11 is 5.99. The van der Waals surface area contributed by atoms with Crippen LogP contribution in [0.5, 0.6) is 0 Å². The van der Waals surface area contributed by atoms with E-state index in [9.17, 15) is 4.39 Å². The van der Waals surface area contributed by atoms with Crippen molar-refractivity contribution >= 4 is 11.6 Å². The van der Waals surface area contributed by atoms with Gasteiger partial charge in [-0.25, -0.2) is 14.4 Å². The zero-order chi connectivity index (χ0) is 14.7. The van der Waals surface area contributed by atoms with Gasteiger partial charge in [-0.3, -0.25) is 0 Å². The third-order valence-electron chi connectivity index (χ3n) is 2.86. The number of nitrogens with zero attached hydrogens (tertiary/aromatic N) is 2. The molecule has 2 aromatic rings. The number of hydrogen-bond acceptors (Lipinski definition) is 3. The first-order valence-electron chi connectivity index (χ1n) is 6.39. The van der Waals surface area contributed by atoms with Gasteiger partial charge < -0.3 is 4.74 Å². The molecule has 0 saturated carbocycles. The van der Waals surface area contributed by atoms with E-state index in [-0.39, 0.29) is 17.6 Å². The van der Waals surface area contributed by atoms with Gasteiger partial charge in [-0.05, 0) is 38.0 Å². The Morgan fingerprint density at radius 2 is 1.95 bits per heavy atom. The number of ether oxygens (including phenoxy) is 1. The first kappa shape index (κ1) is 14.9. The van der Waals surface area contributed by atoms with E-state index in [1.54, 1.807) is 6.07 Å². The Kier molecular flexibility index (Phi) is 4.68. The van der Waals surface area contributed by atoms with Crippen LogP contribution in [-0.2, 0) is 11.3 Å². The molecule has 3 nitrogen and oxygen atoms in total. The van der Waals surface area contributed by atoms with Gasteiger partial charge in [0, 0.05) is 18.2 Å². The second kappa shape index (κ2) is 6.29. The quantitative estimate of drug-likeness (QED) is 0.797. The summed E-state index contributed by atoms with van der Waals surface area (Å²) in [5.74, 6) is 0.147. The maximum atomic E-state index is 14.2. The molecule has 5 heteroatoms. The molecule has 0 unspecified atom stereocenters. The third kappa shape index (κ3) is 3.32. The lowest BCUT2D eigenvalue weighted by Crippen LogP contribution is -2.02. The first-order valence-corrected chi connectivity index (χ1v) is 6.77. The summed E-state index contributed by atoms with van der Waals surface area (Å²) in [5.41, 5.74) is 2.63. The lowest BCUT2D eigenvalue weighted by molar-refractivity contribution is 0.128. The van der Waals surface area contributed by atoms with Crippen LogP contribution in [0, 0.1) is 19.7 Å². The zero-order valence-electron chi connectivity index (χ0n) is 11.7. The van der Waals surface area contributed by atoms with Crippen LogP contribution < -0.4 is 0 Å². The third-order valence-corrected chi connectivity index (χ3v) is 3.06. The molecular weight excluding hydrogens is 279 g/mol. The molecule has 0 bridgehead atoms. The van der Waals surface area contributed by atoms with E-state index in [2.05, 4.69) is 9.97 Å². The van der Waals surface area contributed by atoms with Crippen LogP contribution in [0.4, 0.5) is 4.39 Å². The van der Waals surface area contributed by atoms with E-state index in [4.69, 9.17) is 16.3 Å². The Morgan fingerprint density at radius 3 is 2.60 bits per heavy atom. The van der Waals surface area contributed by atoms with Crippen molar-refractivity contribution in [2.24, 2.45) is 0 Å². The molecule has 0 saturated heterocycles. The number of aromatic nitrogens is 2. The minimum atomic E-state index is -0.306. The van der Waals surface area contributed by atoms with Crippen LogP contribution in [-0.4, -0.2) is 16.6 Å². The second-order valence-corrected chi connectivity index (χ2v) is 4.96. The highest BCUT2D eigenvalue weighted by atomic mass is 35.5. The van der Waals surface area contributed by atoms with Crippen molar-refractivity contribution in [1.29, 1.82) is 0 Å². The first-order chi connectivity index (χ1) is 9.51. The second-order valence-electron chi connectivity index (χ2n) is 4.57. The van der Waals surface area contributed by atoms with Gasteiger partial charge in [0.25, 0.3) is 0 Å². The number of benzene rings is 1.